The Balaban J connectivity index is 1.83. The quantitative estimate of drug-likeness (QED) is 0.797. The summed E-state index contributed by atoms with van der Waals surface area (Å²) in [5.74, 6) is 0.983. The highest BCUT2D eigenvalue weighted by Gasteiger charge is 2.15. The fourth-order valence-electron chi connectivity index (χ4n) is 2.28. The highest BCUT2D eigenvalue weighted by atomic mass is 35.5. The molecule has 0 aliphatic carbocycles. The first-order chi connectivity index (χ1) is 9.24. The van der Waals surface area contributed by atoms with Crippen molar-refractivity contribution < 1.29 is 9.53 Å². The van der Waals surface area contributed by atoms with E-state index in [4.69, 9.17) is 16.3 Å². The second-order valence-electron chi connectivity index (χ2n) is 4.61. The average Bonchev–Trinajstić information content (AvgIpc) is 2.88. The molecule has 0 spiro atoms. The Morgan fingerprint density at radius 2 is 2.05 bits per heavy atom. The highest BCUT2D eigenvalue weighted by Crippen LogP contribution is 2.26. The van der Waals surface area contributed by atoms with Crippen molar-refractivity contribution in [1.82, 2.24) is 0 Å². The minimum Gasteiger partial charge on any atom is -0.493 e. The molecule has 0 atom stereocenters. The van der Waals surface area contributed by atoms with Crippen LogP contribution in [-0.4, -0.2) is 12.4 Å². The van der Waals surface area contributed by atoms with E-state index in [1.54, 1.807) is 6.07 Å². The van der Waals surface area contributed by atoms with Crippen LogP contribution in [0.4, 0.5) is 0 Å². The molecule has 0 saturated carbocycles. The molecule has 0 bridgehead atoms. The molecular weight excluding hydrogens is 260 g/mol. The Kier molecular flexibility index (Phi) is 3.26. The molecule has 0 saturated heterocycles. The van der Waals surface area contributed by atoms with Gasteiger partial charge in [-0.1, -0.05) is 29.8 Å². The lowest BCUT2D eigenvalue weighted by Crippen LogP contribution is -2.04. The first-order valence-corrected chi connectivity index (χ1v) is 6.64. The van der Waals surface area contributed by atoms with Crippen LogP contribution in [0.2, 0.25) is 5.02 Å². The van der Waals surface area contributed by atoms with Gasteiger partial charge in [0.2, 0.25) is 0 Å². The van der Waals surface area contributed by atoms with Gasteiger partial charge in [0.1, 0.15) is 5.75 Å². The van der Waals surface area contributed by atoms with Crippen molar-refractivity contribution in [3.05, 3.63) is 64.2 Å². The first-order valence-electron chi connectivity index (χ1n) is 6.26. The van der Waals surface area contributed by atoms with Crippen molar-refractivity contribution in [2.45, 2.75) is 12.8 Å². The molecule has 19 heavy (non-hydrogen) atoms. The van der Waals surface area contributed by atoms with Crippen LogP contribution in [0.15, 0.2) is 42.5 Å². The molecular formula is C16H13ClO2. The van der Waals surface area contributed by atoms with Crippen molar-refractivity contribution in [3.8, 4) is 5.75 Å². The molecule has 1 heterocycles. The molecule has 2 aromatic rings. The third kappa shape index (κ3) is 2.49. The molecule has 2 nitrogen and oxygen atoms in total. The number of benzene rings is 2. The van der Waals surface area contributed by atoms with Crippen molar-refractivity contribution in [2.75, 3.05) is 6.61 Å². The number of Topliss-reactive ketones (excluding diaryl/α,β-unsaturated/α-hetero) is 1. The Morgan fingerprint density at radius 3 is 2.89 bits per heavy atom. The number of carbonyl (C=O) groups excluding carboxylic acids is 1. The van der Waals surface area contributed by atoms with E-state index < -0.39 is 0 Å². The van der Waals surface area contributed by atoms with Gasteiger partial charge in [-0.2, -0.15) is 0 Å². The molecule has 1 aliphatic heterocycles. The summed E-state index contributed by atoms with van der Waals surface area (Å²) < 4.78 is 5.44. The van der Waals surface area contributed by atoms with Gasteiger partial charge in [-0.3, -0.25) is 4.79 Å². The molecule has 0 fully saturated rings. The third-order valence-corrected chi connectivity index (χ3v) is 3.69. The van der Waals surface area contributed by atoms with E-state index in [0.717, 1.165) is 28.9 Å². The Hall–Kier alpha value is -1.80. The summed E-state index contributed by atoms with van der Waals surface area (Å²) in [6.45, 7) is 0.706. The Bertz CT molecular complexity index is 634. The number of ketones is 1. The number of halogens is 1. The van der Waals surface area contributed by atoms with Crippen LogP contribution in [0.3, 0.4) is 0 Å². The van der Waals surface area contributed by atoms with Crippen LogP contribution >= 0.6 is 11.6 Å². The van der Waals surface area contributed by atoms with E-state index >= 15 is 0 Å². The SMILES string of the molecule is O=C(Cc1ccccc1Cl)c1ccc2c(c1)CCO2. The normalized spacial score (nSPS) is 12.9. The number of fused-ring (bicyclic) bond motifs is 1. The second kappa shape index (κ2) is 5.06. The van der Waals surface area contributed by atoms with E-state index in [2.05, 4.69) is 0 Å². The van der Waals surface area contributed by atoms with Gasteiger partial charge in [0.05, 0.1) is 6.61 Å². The van der Waals surface area contributed by atoms with Crippen LogP contribution in [0.25, 0.3) is 0 Å². The lowest BCUT2D eigenvalue weighted by Gasteiger charge is -2.05. The van der Waals surface area contributed by atoms with Crippen molar-refractivity contribution >= 4 is 17.4 Å². The molecule has 3 heteroatoms. The minimum atomic E-state index is 0.0859. The van der Waals surface area contributed by atoms with Gasteiger partial charge < -0.3 is 4.74 Å². The fourth-order valence-corrected chi connectivity index (χ4v) is 2.48. The summed E-state index contributed by atoms with van der Waals surface area (Å²) in [5, 5.41) is 0.639. The van der Waals surface area contributed by atoms with Crippen LogP contribution in [0.1, 0.15) is 21.5 Å². The van der Waals surface area contributed by atoms with Gasteiger partial charge in [0.15, 0.2) is 5.78 Å². The van der Waals surface area contributed by atoms with Gasteiger partial charge in [-0.25, -0.2) is 0 Å². The number of hydrogen-bond donors (Lipinski definition) is 0. The van der Waals surface area contributed by atoms with E-state index in [0.29, 0.717) is 18.1 Å². The standard InChI is InChI=1S/C16H13ClO2/c17-14-4-2-1-3-11(14)10-15(18)12-5-6-16-13(9-12)7-8-19-16/h1-6,9H,7-8,10H2. The van der Waals surface area contributed by atoms with Crippen LogP contribution in [-0.2, 0) is 12.8 Å². The Morgan fingerprint density at radius 1 is 1.21 bits per heavy atom. The summed E-state index contributed by atoms with van der Waals surface area (Å²) in [7, 11) is 0. The molecule has 0 unspecified atom stereocenters. The predicted octanol–water partition coefficient (Wildman–Crippen LogP) is 3.70. The van der Waals surface area contributed by atoms with Crippen LogP contribution in [0, 0.1) is 0 Å². The number of ether oxygens (including phenoxy) is 1. The van der Waals surface area contributed by atoms with Crippen molar-refractivity contribution in [1.29, 1.82) is 0 Å². The number of hydrogen-bond acceptors (Lipinski definition) is 2. The highest BCUT2D eigenvalue weighted by molar-refractivity contribution is 6.31. The fraction of sp³-hybridized carbons (Fsp3) is 0.188. The third-order valence-electron chi connectivity index (χ3n) is 3.32. The number of rotatable bonds is 3. The van der Waals surface area contributed by atoms with Crippen LogP contribution < -0.4 is 4.74 Å². The smallest absolute Gasteiger partial charge is 0.167 e. The summed E-state index contributed by atoms with van der Waals surface area (Å²) in [5.41, 5.74) is 2.71. The molecule has 96 valence electrons. The zero-order chi connectivity index (χ0) is 13.2. The van der Waals surface area contributed by atoms with E-state index in [-0.39, 0.29) is 5.78 Å². The van der Waals surface area contributed by atoms with Gasteiger partial charge in [-0.15, -0.1) is 0 Å². The summed E-state index contributed by atoms with van der Waals surface area (Å²) in [6.07, 6.45) is 1.21. The summed E-state index contributed by atoms with van der Waals surface area (Å²) >= 11 is 6.08. The first kappa shape index (κ1) is 12.2. The lowest BCUT2D eigenvalue weighted by molar-refractivity contribution is 0.0993. The topological polar surface area (TPSA) is 26.3 Å². The maximum Gasteiger partial charge on any atom is 0.167 e. The Labute approximate surface area is 117 Å². The van der Waals surface area contributed by atoms with Crippen LogP contribution in [0.5, 0.6) is 5.75 Å². The van der Waals surface area contributed by atoms with Crippen molar-refractivity contribution in [3.63, 3.8) is 0 Å². The minimum absolute atomic E-state index is 0.0859. The summed E-state index contributed by atoms with van der Waals surface area (Å²) in [4.78, 5) is 12.3. The largest absolute Gasteiger partial charge is 0.493 e. The molecule has 0 amide bonds. The second-order valence-corrected chi connectivity index (χ2v) is 5.02. The van der Waals surface area contributed by atoms with Gasteiger partial charge in [0, 0.05) is 23.4 Å². The molecule has 0 aromatic heterocycles. The molecule has 0 N–H and O–H groups in total. The summed E-state index contributed by atoms with van der Waals surface area (Å²) in [6, 6.07) is 13.1. The average molecular weight is 273 g/mol. The number of carbonyl (C=O) groups is 1. The van der Waals surface area contributed by atoms with E-state index in [9.17, 15) is 4.79 Å². The zero-order valence-corrected chi connectivity index (χ0v) is 11.1. The molecule has 0 radical (unpaired) electrons. The lowest BCUT2D eigenvalue weighted by atomic mass is 10.0. The molecule has 3 rings (SSSR count). The molecule has 1 aliphatic rings. The van der Waals surface area contributed by atoms with Crippen molar-refractivity contribution in [2.24, 2.45) is 0 Å². The van der Waals surface area contributed by atoms with E-state index in [1.165, 1.54) is 0 Å². The maximum atomic E-state index is 12.3. The monoisotopic (exact) mass is 272 g/mol. The van der Waals surface area contributed by atoms with E-state index in [1.807, 2.05) is 36.4 Å². The predicted molar refractivity (Wildman–Crippen MR) is 75.1 cm³/mol. The maximum absolute atomic E-state index is 12.3. The zero-order valence-electron chi connectivity index (χ0n) is 10.4. The van der Waals surface area contributed by atoms with Gasteiger partial charge >= 0.3 is 0 Å². The van der Waals surface area contributed by atoms with Gasteiger partial charge in [0.25, 0.3) is 0 Å². The van der Waals surface area contributed by atoms with Gasteiger partial charge in [-0.05, 0) is 35.4 Å². The molecule has 2 aromatic carbocycles.